The van der Waals surface area contributed by atoms with E-state index in [0.29, 0.717) is 6.54 Å². The number of nitrogens with zero attached hydrogens (tertiary/aromatic N) is 1. The number of hydrogen-bond donors (Lipinski definition) is 2. The number of carbonyl (C=O) groups is 1. The van der Waals surface area contributed by atoms with Crippen LogP contribution in [0.25, 0.3) is 0 Å². The van der Waals surface area contributed by atoms with Crippen molar-refractivity contribution < 1.29 is 9.21 Å². The number of likely N-dealkylation sites (N-methyl/N-ethyl adjacent to an activating group) is 1. The fourth-order valence-corrected chi connectivity index (χ4v) is 2.44. The Kier molecular flexibility index (Phi) is 7.05. The van der Waals surface area contributed by atoms with Gasteiger partial charge in [-0.1, -0.05) is 0 Å². The maximum Gasteiger partial charge on any atom is 0.223 e. The predicted octanol–water partition coefficient (Wildman–Crippen LogP) is 1.42. The second-order valence-corrected chi connectivity index (χ2v) is 5.26. The number of amides is 1. The third-order valence-electron chi connectivity index (χ3n) is 3.67. The SMILES string of the molecule is CN(C)C(CNC(=O)C1CCNCC1)c1ccco1.Cl. The molecule has 1 amide bonds. The number of hydrogen-bond acceptors (Lipinski definition) is 4. The number of carbonyl (C=O) groups excluding carboxylic acids is 1. The monoisotopic (exact) mass is 301 g/mol. The number of piperidine rings is 1. The van der Waals surface area contributed by atoms with E-state index < -0.39 is 0 Å². The van der Waals surface area contributed by atoms with Gasteiger partial charge in [0.15, 0.2) is 0 Å². The van der Waals surface area contributed by atoms with Crippen LogP contribution in [-0.4, -0.2) is 44.5 Å². The Balaban J connectivity index is 0.00000200. The topological polar surface area (TPSA) is 57.5 Å². The lowest BCUT2D eigenvalue weighted by Gasteiger charge is -2.25. The van der Waals surface area contributed by atoms with Crippen LogP contribution in [-0.2, 0) is 4.79 Å². The van der Waals surface area contributed by atoms with Gasteiger partial charge in [-0.25, -0.2) is 0 Å². The molecule has 1 aliphatic rings. The lowest BCUT2D eigenvalue weighted by Crippen LogP contribution is -2.41. The normalized spacial score (nSPS) is 17.6. The molecular formula is C14H24ClN3O2. The van der Waals surface area contributed by atoms with Crippen LogP contribution >= 0.6 is 12.4 Å². The Morgan fingerprint density at radius 3 is 2.75 bits per heavy atom. The number of rotatable bonds is 5. The summed E-state index contributed by atoms with van der Waals surface area (Å²) in [7, 11) is 3.98. The number of furan rings is 1. The molecular weight excluding hydrogens is 278 g/mol. The summed E-state index contributed by atoms with van der Waals surface area (Å²) in [6.45, 7) is 2.46. The lowest BCUT2D eigenvalue weighted by molar-refractivity contribution is -0.126. The van der Waals surface area contributed by atoms with Crippen molar-refractivity contribution in [1.82, 2.24) is 15.5 Å². The Morgan fingerprint density at radius 2 is 2.20 bits per heavy atom. The Morgan fingerprint density at radius 1 is 1.50 bits per heavy atom. The molecule has 0 radical (unpaired) electrons. The molecule has 1 aliphatic heterocycles. The molecule has 2 heterocycles. The molecule has 1 aromatic heterocycles. The largest absolute Gasteiger partial charge is 0.468 e. The molecule has 6 heteroatoms. The highest BCUT2D eigenvalue weighted by Gasteiger charge is 2.23. The van der Waals surface area contributed by atoms with Crippen molar-refractivity contribution in [3.8, 4) is 0 Å². The minimum Gasteiger partial charge on any atom is -0.468 e. The zero-order valence-electron chi connectivity index (χ0n) is 12.1. The average Bonchev–Trinajstić information content (AvgIpc) is 2.93. The van der Waals surface area contributed by atoms with Gasteiger partial charge in [0.25, 0.3) is 0 Å². The van der Waals surface area contributed by atoms with Crippen LogP contribution in [0.1, 0.15) is 24.6 Å². The molecule has 1 aromatic rings. The molecule has 2 rings (SSSR count). The Bertz CT molecular complexity index is 389. The molecule has 114 valence electrons. The Hall–Kier alpha value is -1.04. The molecule has 0 bridgehead atoms. The maximum absolute atomic E-state index is 12.1. The quantitative estimate of drug-likeness (QED) is 0.864. The second kappa shape index (κ2) is 8.29. The summed E-state index contributed by atoms with van der Waals surface area (Å²) >= 11 is 0. The van der Waals surface area contributed by atoms with E-state index >= 15 is 0 Å². The fraction of sp³-hybridized carbons (Fsp3) is 0.643. The van der Waals surface area contributed by atoms with E-state index in [1.54, 1.807) is 6.26 Å². The van der Waals surface area contributed by atoms with E-state index in [0.717, 1.165) is 31.7 Å². The highest BCUT2D eigenvalue weighted by Crippen LogP contribution is 2.18. The molecule has 2 N–H and O–H groups in total. The molecule has 1 fully saturated rings. The molecule has 5 nitrogen and oxygen atoms in total. The van der Waals surface area contributed by atoms with Gasteiger partial charge in [-0.05, 0) is 52.2 Å². The van der Waals surface area contributed by atoms with Crippen molar-refractivity contribution in [2.24, 2.45) is 5.92 Å². The molecule has 0 spiro atoms. The van der Waals surface area contributed by atoms with Crippen molar-refractivity contribution in [3.63, 3.8) is 0 Å². The van der Waals surface area contributed by atoms with Gasteiger partial charge in [-0.15, -0.1) is 12.4 Å². The van der Waals surface area contributed by atoms with Crippen molar-refractivity contribution in [1.29, 1.82) is 0 Å². The van der Waals surface area contributed by atoms with Crippen LogP contribution in [0.2, 0.25) is 0 Å². The predicted molar refractivity (Wildman–Crippen MR) is 81.0 cm³/mol. The van der Waals surface area contributed by atoms with Gasteiger partial charge in [-0.2, -0.15) is 0 Å². The standard InChI is InChI=1S/C14H23N3O2.ClH/c1-17(2)12(13-4-3-9-19-13)10-16-14(18)11-5-7-15-8-6-11;/h3-4,9,11-12,15H,5-8,10H2,1-2H3,(H,16,18);1H. The number of nitrogens with one attached hydrogen (secondary N) is 2. The fourth-order valence-electron chi connectivity index (χ4n) is 2.44. The second-order valence-electron chi connectivity index (χ2n) is 5.26. The van der Waals surface area contributed by atoms with E-state index in [1.165, 1.54) is 0 Å². The molecule has 0 saturated carbocycles. The maximum atomic E-state index is 12.1. The summed E-state index contributed by atoms with van der Waals surface area (Å²) < 4.78 is 5.43. The minimum absolute atomic E-state index is 0. The van der Waals surface area contributed by atoms with Gasteiger partial charge in [0.05, 0.1) is 12.3 Å². The highest BCUT2D eigenvalue weighted by molar-refractivity contribution is 5.85. The minimum atomic E-state index is 0. The van der Waals surface area contributed by atoms with Gasteiger partial charge >= 0.3 is 0 Å². The molecule has 0 aliphatic carbocycles. The van der Waals surface area contributed by atoms with E-state index in [-0.39, 0.29) is 30.3 Å². The first-order valence-electron chi connectivity index (χ1n) is 6.86. The van der Waals surface area contributed by atoms with Crippen LogP contribution in [0.4, 0.5) is 0 Å². The lowest BCUT2D eigenvalue weighted by atomic mass is 9.97. The summed E-state index contributed by atoms with van der Waals surface area (Å²) in [4.78, 5) is 14.2. The molecule has 1 unspecified atom stereocenters. The summed E-state index contributed by atoms with van der Waals surface area (Å²) in [5, 5.41) is 6.33. The van der Waals surface area contributed by atoms with Gasteiger partial charge in [-0.3, -0.25) is 9.69 Å². The van der Waals surface area contributed by atoms with E-state index in [1.807, 2.05) is 26.2 Å². The third-order valence-corrected chi connectivity index (χ3v) is 3.67. The smallest absolute Gasteiger partial charge is 0.223 e. The van der Waals surface area contributed by atoms with Gasteiger partial charge in [0.2, 0.25) is 5.91 Å². The van der Waals surface area contributed by atoms with E-state index in [4.69, 9.17) is 4.42 Å². The van der Waals surface area contributed by atoms with Crippen LogP contribution in [0, 0.1) is 5.92 Å². The van der Waals surface area contributed by atoms with Crippen molar-refractivity contribution in [2.75, 3.05) is 33.7 Å². The number of halogens is 1. The van der Waals surface area contributed by atoms with E-state index in [2.05, 4.69) is 15.5 Å². The Labute approximate surface area is 126 Å². The van der Waals surface area contributed by atoms with Crippen molar-refractivity contribution >= 4 is 18.3 Å². The first-order valence-corrected chi connectivity index (χ1v) is 6.86. The van der Waals surface area contributed by atoms with Crippen LogP contribution in [0.15, 0.2) is 22.8 Å². The average molecular weight is 302 g/mol. The van der Waals surface area contributed by atoms with Crippen molar-refractivity contribution in [2.45, 2.75) is 18.9 Å². The molecule has 20 heavy (non-hydrogen) atoms. The third kappa shape index (κ3) is 4.51. The summed E-state index contributed by atoms with van der Waals surface area (Å²) in [6, 6.07) is 3.91. The zero-order valence-corrected chi connectivity index (χ0v) is 12.9. The molecule has 1 atom stereocenters. The van der Waals surface area contributed by atoms with Crippen LogP contribution in [0.3, 0.4) is 0 Å². The van der Waals surface area contributed by atoms with Gasteiger partial charge in [0.1, 0.15) is 5.76 Å². The van der Waals surface area contributed by atoms with Crippen LogP contribution in [0.5, 0.6) is 0 Å². The van der Waals surface area contributed by atoms with E-state index in [9.17, 15) is 4.79 Å². The zero-order chi connectivity index (χ0) is 13.7. The summed E-state index contributed by atoms with van der Waals surface area (Å²) in [6.07, 6.45) is 3.53. The summed E-state index contributed by atoms with van der Waals surface area (Å²) in [5.74, 6) is 1.20. The van der Waals surface area contributed by atoms with Gasteiger partial charge in [0, 0.05) is 12.5 Å². The van der Waals surface area contributed by atoms with Gasteiger partial charge < -0.3 is 15.1 Å². The first-order chi connectivity index (χ1) is 9.18. The molecule has 0 aromatic carbocycles. The first kappa shape index (κ1) is 17.0. The summed E-state index contributed by atoms with van der Waals surface area (Å²) in [5.41, 5.74) is 0. The van der Waals surface area contributed by atoms with Crippen LogP contribution < -0.4 is 10.6 Å². The molecule has 1 saturated heterocycles. The highest BCUT2D eigenvalue weighted by atomic mass is 35.5. The van der Waals surface area contributed by atoms with Crippen molar-refractivity contribution in [3.05, 3.63) is 24.2 Å².